The van der Waals surface area contributed by atoms with Gasteiger partial charge in [0.1, 0.15) is 11.5 Å². The summed E-state index contributed by atoms with van der Waals surface area (Å²) < 4.78 is 15.0. The predicted octanol–water partition coefficient (Wildman–Crippen LogP) is 3.43. The molecule has 6 nitrogen and oxygen atoms in total. The van der Waals surface area contributed by atoms with Gasteiger partial charge in [-0.2, -0.15) is 0 Å². The van der Waals surface area contributed by atoms with E-state index in [2.05, 4.69) is 5.32 Å². The van der Waals surface area contributed by atoms with Gasteiger partial charge in [-0.15, -0.1) is 0 Å². The van der Waals surface area contributed by atoms with Crippen LogP contribution in [0, 0.1) is 17.7 Å². The lowest BCUT2D eigenvalue weighted by Crippen LogP contribution is -2.20. The molecule has 0 saturated heterocycles. The van der Waals surface area contributed by atoms with Crippen LogP contribution in [-0.2, 0) is 7.05 Å². The molecule has 0 bridgehead atoms. The maximum absolute atomic E-state index is 13.4. The molecule has 29 heavy (non-hydrogen) atoms. The zero-order valence-corrected chi connectivity index (χ0v) is 16.7. The van der Waals surface area contributed by atoms with Gasteiger partial charge in [-0.1, -0.05) is 11.6 Å². The first-order valence-electron chi connectivity index (χ1n) is 9.68. The van der Waals surface area contributed by atoms with Crippen LogP contribution in [0.5, 0.6) is 0 Å². The van der Waals surface area contributed by atoms with E-state index in [-0.39, 0.29) is 17.0 Å². The van der Waals surface area contributed by atoms with Gasteiger partial charge < -0.3 is 20.7 Å². The van der Waals surface area contributed by atoms with Crippen molar-refractivity contribution >= 4 is 29.1 Å². The summed E-state index contributed by atoms with van der Waals surface area (Å²) in [5.41, 5.74) is 7.34. The van der Waals surface area contributed by atoms with Crippen LogP contribution >= 0.6 is 11.6 Å². The molecule has 1 heterocycles. The van der Waals surface area contributed by atoms with Crippen LogP contribution in [-0.4, -0.2) is 27.6 Å². The summed E-state index contributed by atoms with van der Waals surface area (Å²) in [4.78, 5) is 25.2. The number of rotatable bonds is 4. The second-order valence-electron chi connectivity index (χ2n) is 8.18. The number of fused-ring (bicyclic) bond motifs is 1. The number of aromatic nitrogens is 1. The number of benzene rings is 1. The number of nitrogens with two attached hydrogens (primary N) is 1. The molecule has 2 aliphatic carbocycles. The highest BCUT2D eigenvalue weighted by Crippen LogP contribution is 2.51. The van der Waals surface area contributed by atoms with E-state index in [0.717, 1.165) is 25.7 Å². The number of carbonyl (C=O) groups is 2. The fraction of sp³-hybridized carbons (Fsp3) is 0.429. The number of anilines is 1. The Morgan fingerprint density at radius 3 is 2.48 bits per heavy atom. The summed E-state index contributed by atoms with van der Waals surface area (Å²) >= 11 is 5.81. The number of nitrogens with zero attached hydrogens (tertiary/aromatic N) is 1. The first-order valence-corrected chi connectivity index (χ1v) is 10.1. The molecule has 4 rings (SSSR count). The molecule has 2 saturated carbocycles. The number of primary amides is 1. The fourth-order valence-corrected chi connectivity index (χ4v) is 5.30. The van der Waals surface area contributed by atoms with E-state index >= 15 is 0 Å². The van der Waals surface area contributed by atoms with Crippen LogP contribution in [0.15, 0.2) is 24.4 Å². The van der Waals surface area contributed by atoms with E-state index in [4.69, 9.17) is 17.3 Å². The normalized spacial score (nSPS) is 25.8. The molecule has 0 spiro atoms. The second-order valence-corrected chi connectivity index (χ2v) is 8.58. The molecule has 8 heteroatoms. The summed E-state index contributed by atoms with van der Waals surface area (Å²) in [5, 5.41) is 12.6. The van der Waals surface area contributed by atoms with Crippen molar-refractivity contribution in [2.24, 2.45) is 24.6 Å². The second kappa shape index (κ2) is 7.46. The monoisotopic (exact) mass is 419 g/mol. The number of nitrogens with one attached hydrogen (secondary N) is 1. The average Bonchev–Trinajstić information content (AvgIpc) is 3.28. The van der Waals surface area contributed by atoms with Crippen LogP contribution in [0.3, 0.4) is 0 Å². The zero-order valence-electron chi connectivity index (χ0n) is 16.0. The van der Waals surface area contributed by atoms with E-state index in [0.29, 0.717) is 34.3 Å². The number of halogens is 2. The minimum atomic E-state index is -0.573. The van der Waals surface area contributed by atoms with Gasteiger partial charge in [0.05, 0.1) is 16.7 Å². The van der Waals surface area contributed by atoms with Crippen LogP contribution in [0.2, 0.25) is 5.02 Å². The Hall–Kier alpha value is -2.38. The van der Waals surface area contributed by atoms with Crippen molar-refractivity contribution in [1.82, 2.24) is 4.57 Å². The van der Waals surface area contributed by atoms with Crippen molar-refractivity contribution in [2.45, 2.75) is 37.7 Å². The SMILES string of the molecule is Cn1cc(C(N)=O)c(C2CC3CC(O)CC3C2)c1C(=O)Nc1ccc(F)c(Cl)c1. The van der Waals surface area contributed by atoms with E-state index < -0.39 is 17.6 Å². The third-order valence-electron chi connectivity index (χ3n) is 6.28. The Balaban J connectivity index is 1.67. The zero-order chi connectivity index (χ0) is 20.9. The largest absolute Gasteiger partial charge is 0.393 e. The number of aliphatic hydroxyl groups excluding tert-OH is 1. The number of amides is 2. The van der Waals surface area contributed by atoms with Crippen LogP contribution in [0.1, 0.15) is 58.0 Å². The number of hydrogen-bond donors (Lipinski definition) is 3. The van der Waals surface area contributed by atoms with Crippen molar-refractivity contribution in [3.05, 3.63) is 52.1 Å². The smallest absolute Gasteiger partial charge is 0.272 e. The van der Waals surface area contributed by atoms with Gasteiger partial charge in [0.15, 0.2) is 0 Å². The quantitative estimate of drug-likeness (QED) is 0.708. The van der Waals surface area contributed by atoms with Crippen LogP contribution in [0.25, 0.3) is 0 Å². The number of carbonyl (C=O) groups excluding carboxylic acids is 2. The fourth-order valence-electron chi connectivity index (χ4n) is 5.12. The minimum Gasteiger partial charge on any atom is -0.393 e. The van der Waals surface area contributed by atoms with Crippen molar-refractivity contribution in [3.8, 4) is 0 Å². The summed E-state index contributed by atoms with van der Waals surface area (Å²) in [6.45, 7) is 0. The Morgan fingerprint density at radius 2 is 1.90 bits per heavy atom. The molecule has 2 atom stereocenters. The molecule has 2 fully saturated rings. The molecule has 2 amide bonds. The molecule has 0 radical (unpaired) electrons. The molecule has 2 unspecified atom stereocenters. The highest BCUT2D eigenvalue weighted by molar-refractivity contribution is 6.31. The van der Waals surface area contributed by atoms with E-state index in [1.165, 1.54) is 18.2 Å². The Kier molecular flexibility index (Phi) is 5.12. The summed E-state index contributed by atoms with van der Waals surface area (Å²) in [6, 6.07) is 3.95. The average molecular weight is 420 g/mol. The Labute approximate surface area is 172 Å². The molecular weight excluding hydrogens is 397 g/mol. The lowest BCUT2D eigenvalue weighted by atomic mass is 9.90. The standard InChI is InChI=1S/C21H23ClFN3O3/c1-26-9-15(20(24)28)18(12-4-10-6-14(27)7-11(10)5-12)19(26)21(29)25-13-2-3-17(23)16(22)8-13/h2-3,8-12,14,27H,4-7H2,1H3,(H2,24,28)(H,25,29). The van der Waals surface area contributed by atoms with E-state index in [9.17, 15) is 19.1 Å². The summed E-state index contributed by atoms with van der Waals surface area (Å²) in [6.07, 6.45) is 4.48. The third kappa shape index (κ3) is 3.65. The minimum absolute atomic E-state index is 0.0266. The Morgan fingerprint density at radius 1 is 1.24 bits per heavy atom. The lowest BCUT2D eigenvalue weighted by Gasteiger charge is -2.16. The van der Waals surface area contributed by atoms with Gasteiger partial charge in [-0.3, -0.25) is 9.59 Å². The molecule has 0 aliphatic heterocycles. The molecular formula is C21H23ClFN3O3. The first-order chi connectivity index (χ1) is 13.7. The first kappa shape index (κ1) is 19.9. The van der Waals surface area contributed by atoms with E-state index in [1.807, 2.05) is 0 Å². The predicted molar refractivity (Wildman–Crippen MR) is 107 cm³/mol. The highest BCUT2D eigenvalue weighted by atomic mass is 35.5. The Bertz CT molecular complexity index is 976. The van der Waals surface area contributed by atoms with Gasteiger partial charge in [-0.25, -0.2) is 4.39 Å². The van der Waals surface area contributed by atoms with Crippen molar-refractivity contribution in [3.63, 3.8) is 0 Å². The molecule has 1 aromatic carbocycles. The number of aryl methyl sites for hydroxylation is 1. The third-order valence-corrected chi connectivity index (χ3v) is 6.57. The summed E-state index contributed by atoms with van der Waals surface area (Å²) in [5.74, 6) is -0.740. The maximum atomic E-state index is 13.4. The van der Waals surface area contributed by atoms with E-state index in [1.54, 1.807) is 17.8 Å². The van der Waals surface area contributed by atoms with Crippen molar-refractivity contribution < 1.29 is 19.1 Å². The topological polar surface area (TPSA) is 97.3 Å². The van der Waals surface area contributed by atoms with Gasteiger partial charge in [0.2, 0.25) is 0 Å². The molecule has 2 aliphatic rings. The van der Waals surface area contributed by atoms with Crippen LogP contribution in [0.4, 0.5) is 10.1 Å². The number of aliphatic hydroxyl groups is 1. The number of hydrogen-bond acceptors (Lipinski definition) is 3. The van der Waals surface area contributed by atoms with Gasteiger partial charge in [-0.05, 0) is 67.2 Å². The van der Waals surface area contributed by atoms with Gasteiger partial charge >= 0.3 is 0 Å². The molecule has 154 valence electrons. The molecule has 1 aromatic heterocycles. The summed E-state index contributed by atoms with van der Waals surface area (Å²) in [7, 11) is 1.70. The maximum Gasteiger partial charge on any atom is 0.272 e. The highest BCUT2D eigenvalue weighted by Gasteiger charge is 2.44. The van der Waals surface area contributed by atoms with Gasteiger partial charge in [0, 0.05) is 18.9 Å². The molecule has 4 N–H and O–H groups in total. The van der Waals surface area contributed by atoms with Crippen molar-refractivity contribution in [1.29, 1.82) is 0 Å². The van der Waals surface area contributed by atoms with Gasteiger partial charge in [0.25, 0.3) is 11.8 Å². The lowest BCUT2D eigenvalue weighted by molar-refractivity contribution is 0.0998. The molecule has 2 aromatic rings. The van der Waals surface area contributed by atoms with Crippen LogP contribution < -0.4 is 11.1 Å². The van der Waals surface area contributed by atoms with Crippen molar-refractivity contribution in [2.75, 3.05) is 5.32 Å².